The number of hydrogen-bond acceptors (Lipinski definition) is 5. The Bertz CT molecular complexity index is 1160. The third-order valence-electron chi connectivity index (χ3n) is 6.26. The van der Waals surface area contributed by atoms with E-state index in [9.17, 15) is 9.59 Å². The molecule has 4 rings (SSSR count). The maximum atomic E-state index is 12.7. The lowest BCUT2D eigenvalue weighted by Crippen LogP contribution is -2.16. The molecule has 7 nitrogen and oxygen atoms in total. The number of aliphatic carboxylic acids is 1. The van der Waals surface area contributed by atoms with Crippen LogP contribution in [-0.2, 0) is 4.79 Å². The third-order valence-corrected chi connectivity index (χ3v) is 6.70. The molecular formula is C26H26BrN3O4. The molecule has 2 heterocycles. The second kappa shape index (κ2) is 10.8. The van der Waals surface area contributed by atoms with Crippen LogP contribution in [0.3, 0.4) is 0 Å². The SMILES string of the molecule is COc1ncc(Br)cc1C(=O)Nc1ccc(-c2ccc(C3CCC(CC(=O)O)CC3)cc2)nc1. The van der Waals surface area contributed by atoms with Crippen molar-refractivity contribution in [3.05, 3.63) is 70.5 Å². The Labute approximate surface area is 206 Å². The van der Waals surface area contributed by atoms with E-state index >= 15 is 0 Å². The average molecular weight is 524 g/mol. The van der Waals surface area contributed by atoms with E-state index in [0.717, 1.165) is 36.9 Å². The average Bonchev–Trinajstić information content (AvgIpc) is 2.85. The van der Waals surface area contributed by atoms with Gasteiger partial charge in [-0.1, -0.05) is 24.3 Å². The Morgan fingerprint density at radius 1 is 1.06 bits per heavy atom. The molecule has 0 unspecified atom stereocenters. The highest BCUT2D eigenvalue weighted by Crippen LogP contribution is 2.37. The van der Waals surface area contributed by atoms with Gasteiger partial charge in [0.05, 0.1) is 24.7 Å². The van der Waals surface area contributed by atoms with Crippen molar-refractivity contribution >= 4 is 33.5 Å². The highest BCUT2D eigenvalue weighted by atomic mass is 79.9. The zero-order valence-corrected chi connectivity index (χ0v) is 20.4. The molecule has 1 saturated carbocycles. The Balaban J connectivity index is 1.38. The minimum Gasteiger partial charge on any atom is -0.481 e. The summed E-state index contributed by atoms with van der Waals surface area (Å²) in [4.78, 5) is 32.2. The molecule has 34 heavy (non-hydrogen) atoms. The summed E-state index contributed by atoms with van der Waals surface area (Å²) in [5.41, 5.74) is 4.01. The number of nitrogens with one attached hydrogen (secondary N) is 1. The van der Waals surface area contributed by atoms with E-state index in [4.69, 9.17) is 9.84 Å². The molecular weight excluding hydrogens is 498 g/mol. The lowest BCUT2D eigenvalue weighted by atomic mass is 9.77. The van der Waals surface area contributed by atoms with E-state index in [1.807, 2.05) is 12.1 Å². The molecule has 1 amide bonds. The summed E-state index contributed by atoms with van der Waals surface area (Å²) in [5, 5.41) is 11.8. The number of ether oxygens (including phenoxy) is 1. The maximum absolute atomic E-state index is 12.7. The van der Waals surface area contributed by atoms with Gasteiger partial charge in [0, 0.05) is 22.7 Å². The van der Waals surface area contributed by atoms with Crippen LogP contribution in [0.25, 0.3) is 11.3 Å². The van der Waals surface area contributed by atoms with E-state index < -0.39 is 5.97 Å². The first-order valence-corrected chi connectivity index (χ1v) is 12.0. The first-order chi connectivity index (χ1) is 16.4. The summed E-state index contributed by atoms with van der Waals surface area (Å²) in [6.07, 6.45) is 7.47. The normalized spacial score (nSPS) is 17.7. The van der Waals surface area contributed by atoms with Gasteiger partial charge in [0.25, 0.3) is 5.91 Å². The molecule has 0 aliphatic heterocycles. The van der Waals surface area contributed by atoms with Gasteiger partial charge in [-0.15, -0.1) is 0 Å². The maximum Gasteiger partial charge on any atom is 0.303 e. The van der Waals surface area contributed by atoms with Crippen molar-refractivity contribution in [2.45, 2.75) is 38.0 Å². The van der Waals surface area contributed by atoms with Gasteiger partial charge in [-0.3, -0.25) is 14.6 Å². The van der Waals surface area contributed by atoms with Crippen LogP contribution in [0.2, 0.25) is 0 Å². The van der Waals surface area contributed by atoms with Gasteiger partial charge < -0.3 is 15.2 Å². The van der Waals surface area contributed by atoms with Crippen molar-refractivity contribution in [1.29, 1.82) is 0 Å². The predicted octanol–water partition coefficient (Wildman–Crippen LogP) is 5.92. The number of carbonyl (C=O) groups excluding carboxylic acids is 1. The molecule has 176 valence electrons. The highest BCUT2D eigenvalue weighted by molar-refractivity contribution is 9.10. The van der Waals surface area contributed by atoms with Crippen LogP contribution in [0, 0.1) is 5.92 Å². The van der Waals surface area contributed by atoms with E-state index in [2.05, 4.69) is 55.5 Å². The topological polar surface area (TPSA) is 101 Å². The van der Waals surface area contributed by atoms with Crippen LogP contribution < -0.4 is 10.1 Å². The minimum absolute atomic E-state index is 0.251. The van der Waals surface area contributed by atoms with Crippen molar-refractivity contribution in [2.24, 2.45) is 5.92 Å². The molecule has 3 aromatic rings. The molecule has 2 N–H and O–H groups in total. The largest absolute Gasteiger partial charge is 0.481 e. The van der Waals surface area contributed by atoms with E-state index in [-0.39, 0.29) is 18.2 Å². The van der Waals surface area contributed by atoms with Gasteiger partial charge in [-0.25, -0.2) is 4.98 Å². The quantitative estimate of drug-likeness (QED) is 0.398. The molecule has 2 aromatic heterocycles. The van der Waals surface area contributed by atoms with Gasteiger partial charge in [-0.05, 0) is 77.2 Å². The number of pyridine rings is 2. The summed E-state index contributed by atoms with van der Waals surface area (Å²) in [7, 11) is 1.47. The summed E-state index contributed by atoms with van der Waals surface area (Å²) < 4.78 is 5.86. The lowest BCUT2D eigenvalue weighted by Gasteiger charge is -2.28. The number of nitrogens with zero attached hydrogens (tertiary/aromatic N) is 2. The van der Waals surface area contributed by atoms with Crippen molar-refractivity contribution in [3.63, 3.8) is 0 Å². The summed E-state index contributed by atoms with van der Waals surface area (Å²) >= 11 is 3.32. The van der Waals surface area contributed by atoms with E-state index in [1.54, 1.807) is 18.5 Å². The molecule has 0 saturated heterocycles. The Hall–Kier alpha value is -3.26. The number of amides is 1. The Morgan fingerprint density at radius 3 is 2.41 bits per heavy atom. The molecule has 8 heteroatoms. The van der Waals surface area contributed by atoms with E-state index in [0.29, 0.717) is 27.6 Å². The molecule has 0 radical (unpaired) electrons. The standard InChI is InChI=1S/C26H26BrN3O4/c1-34-26-22(13-20(27)14-29-26)25(33)30-21-10-11-23(28-15-21)19-8-6-18(7-9-19)17-4-2-16(3-5-17)12-24(31)32/h6-11,13-17H,2-5,12H2,1H3,(H,30,33)(H,31,32). The number of carboxylic acids is 1. The first-order valence-electron chi connectivity index (χ1n) is 11.2. The molecule has 0 atom stereocenters. The number of anilines is 1. The molecule has 1 aliphatic rings. The monoisotopic (exact) mass is 523 g/mol. The van der Waals surface area contributed by atoms with Crippen molar-refractivity contribution in [2.75, 3.05) is 12.4 Å². The molecule has 1 aliphatic carbocycles. The second-order valence-corrected chi connectivity index (χ2v) is 9.45. The number of hydrogen-bond donors (Lipinski definition) is 2. The fraction of sp³-hybridized carbons (Fsp3) is 0.308. The number of methoxy groups -OCH3 is 1. The zero-order chi connectivity index (χ0) is 24.1. The predicted molar refractivity (Wildman–Crippen MR) is 133 cm³/mol. The number of rotatable bonds is 7. The Kier molecular flexibility index (Phi) is 7.57. The second-order valence-electron chi connectivity index (χ2n) is 8.53. The number of halogens is 1. The lowest BCUT2D eigenvalue weighted by molar-refractivity contribution is -0.138. The number of aromatic nitrogens is 2. The van der Waals surface area contributed by atoms with Gasteiger partial charge in [-0.2, -0.15) is 0 Å². The smallest absolute Gasteiger partial charge is 0.303 e. The summed E-state index contributed by atoms with van der Waals surface area (Å²) in [6, 6.07) is 13.8. The Morgan fingerprint density at radius 2 is 1.79 bits per heavy atom. The van der Waals surface area contributed by atoms with Crippen molar-refractivity contribution in [3.8, 4) is 17.1 Å². The molecule has 1 fully saturated rings. The van der Waals surface area contributed by atoms with Crippen LogP contribution in [0.1, 0.15) is 53.9 Å². The van der Waals surface area contributed by atoms with Crippen molar-refractivity contribution < 1.29 is 19.4 Å². The van der Waals surface area contributed by atoms with E-state index in [1.165, 1.54) is 12.7 Å². The van der Waals surface area contributed by atoms with Gasteiger partial charge in [0.15, 0.2) is 0 Å². The van der Waals surface area contributed by atoms with Gasteiger partial charge in [0.2, 0.25) is 5.88 Å². The van der Waals surface area contributed by atoms with Crippen LogP contribution in [0.5, 0.6) is 5.88 Å². The fourth-order valence-corrected chi connectivity index (χ4v) is 4.79. The first kappa shape index (κ1) is 23.9. The zero-order valence-electron chi connectivity index (χ0n) is 18.8. The molecule has 0 spiro atoms. The van der Waals surface area contributed by atoms with Crippen LogP contribution in [0.4, 0.5) is 5.69 Å². The van der Waals surface area contributed by atoms with Crippen LogP contribution in [-0.4, -0.2) is 34.1 Å². The highest BCUT2D eigenvalue weighted by Gasteiger charge is 2.24. The summed E-state index contributed by atoms with van der Waals surface area (Å²) in [5.74, 6) is 0.00488. The summed E-state index contributed by atoms with van der Waals surface area (Å²) in [6.45, 7) is 0. The van der Waals surface area contributed by atoms with Crippen molar-refractivity contribution in [1.82, 2.24) is 9.97 Å². The number of benzene rings is 1. The van der Waals surface area contributed by atoms with Crippen LogP contribution in [0.15, 0.2) is 59.3 Å². The van der Waals surface area contributed by atoms with Gasteiger partial charge in [0.1, 0.15) is 5.56 Å². The fourth-order valence-electron chi connectivity index (χ4n) is 4.46. The third kappa shape index (κ3) is 5.80. The van der Waals surface area contributed by atoms with Crippen LogP contribution >= 0.6 is 15.9 Å². The minimum atomic E-state index is -0.698. The number of carbonyl (C=O) groups is 2. The van der Waals surface area contributed by atoms with Gasteiger partial charge >= 0.3 is 5.97 Å². The number of carboxylic acid groups (broad SMARTS) is 1. The molecule has 1 aromatic carbocycles. The molecule has 0 bridgehead atoms.